The number of hydrogen-bond acceptors (Lipinski definition) is 6. The van der Waals surface area contributed by atoms with Crippen LogP contribution in [0, 0.1) is 5.92 Å². The number of benzene rings is 3. The summed E-state index contributed by atoms with van der Waals surface area (Å²) in [5, 5.41) is 0. The van der Waals surface area contributed by atoms with Gasteiger partial charge in [-0.15, -0.1) is 0 Å². The minimum Gasteiger partial charge on any atom is -0.489 e. The van der Waals surface area contributed by atoms with Crippen molar-refractivity contribution in [2.75, 3.05) is 0 Å². The molecule has 2 atom stereocenters. The van der Waals surface area contributed by atoms with Gasteiger partial charge in [0.25, 0.3) is 5.60 Å². The first-order valence-corrected chi connectivity index (χ1v) is 12.1. The predicted molar refractivity (Wildman–Crippen MR) is 135 cm³/mol. The molecule has 0 heterocycles. The van der Waals surface area contributed by atoms with Crippen LogP contribution in [0.25, 0.3) is 0 Å². The minimum atomic E-state index is -2.04. The molecule has 4 rings (SSSR count). The van der Waals surface area contributed by atoms with Gasteiger partial charge in [0.05, 0.1) is 5.56 Å². The zero-order valence-electron chi connectivity index (χ0n) is 20.8. The van der Waals surface area contributed by atoms with Crippen molar-refractivity contribution in [1.82, 2.24) is 0 Å². The van der Waals surface area contributed by atoms with Crippen molar-refractivity contribution in [2.24, 2.45) is 5.92 Å². The van der Waals surface area contributed by atoms with Crippen molar-refractivity contribution in [2.45, 2.75) is 52.4 Å². The van der Waals surface area contributed by atoms with Crippen molar-refractivity contribution in [1.29, 1.82) is 0 Å². The normalized spacial score (nSPS) is 18.8. The molecular weight excluding hydrogens is 456 g/mol. The fourth-order valence-corrected chi connectivity index (χ4v) is 4.67. The van der Waals surface area contributed by atoms with Crippen LogP contribution in [0.1, 0.15) is 49.4 Å². The van der Waals surface area contributed by atoms with E-state index in [1.165, 1.54) is 6.92 Å². The maximum absolute atomic E-state index is 13.6. The van der Waals surface area contributed by atoms with Gasteiger partial charge in [0.1, 0.15) is 24.7 Å². The lowest BCUT2D eigenvalue weighted by Gasteiger charge is -2.39. The Morgan fingerprint density at radius 3 is 2.06 bits per heavy atom. The SMILES string of the molecule is CCC(=O)[C@@]1(OC(C)=O)C(=O)[C@@H](C)Cc2cc(OCc3ccccc3)cc(OCc3ccccc3)c21. The van der Waals surface area contributed by atoms with Gasteiger partial charge in [-0.1, -0.05) is 74.5 Å². The van der Waals surface area contributed by atoms with Crippen LogP contribution < -0.4 is 9.47 Å². The molecule has 0 N–H and O–H groups in total. The summed E-state index contributed by atoms with van der Waals surface area (Å²) >= 11 is 0. The third kappa shape index (κ3) is 5.03. The van der Waals surface area contributed by atoms with E-state index in [1.807, 2.05) is 66.7 Å². The highest BCUT2D eigenvalue weighted by Crippen LogP contribution is 2.47. The Hall–Kier alpha value is -3.93. The van der Waals surface area contributed by atoms with Gasteiger partial charge in [-0.3, -0.25) is 14.4 Å². The molecule has 0 radical (unpaired) electrons. The van der Waals surface area contributed by atoms with Crippen LogP contribution in [0.2, 0.25) is 0 Å². The van der Waals surface area contributed by atoms with Gasteiger partial charge in [0.2, 0.25) is 0 Å². The molecule has 0 saturated heterocycles. The molecule has 0 fully saturated rings. The second-order valence-electron chi connectivity index (χ2n) is 9.03. The lowest BCUT2D eigenvalue weighted by Crippen LogP contribution is -2.53. The lowest BCUT2D eigenvalue weighted by atomic mass is 9.70. The minimum absolute atomic E-state index is 0.0234. The fourth-order valence-electron chi connectivity index (χ4n) is 4.67. The summed E-state index contributed by atoms with van der Waals surface area (Å²) in [5.74, 6) is -1.30. The number of ether oxygens (including phenoxy) is 3. The summed E-state index contributed by atoms with van der Waals surface area (Å²) in [6.07, 6.45) is 0.397. The zero-order valence-corrected chi connectivity index (χ0v) is 20.8. The van der Waals surface area contributed by atoms with E-state index in [0.717, 1.165) is 11.1 Å². The van der Waals surface area contributed by atoms with Gasteiger partial charge in [-0.2, -0.15) is 0 Å². The summed E-state index contributed by atoms with van der Waals surface area (Å²) in [4.78, 5) is 39.2. The Bertz CT molecular complexity index is 1250. The third-order valence-electron chi connectivity index (χ3n) is 6.33. The van der Waals surface area contributed by atoms with Crippen molar-refractivity contribution in [3.63, 3.8) is 0 Å². The maximum atomic E-state index is 13.6. The topological polar surface area (TPSA) is 78.9 Å². The van der Waals surface area contributed by atoms with Crippen LogP contribution in [-0.2, 0) is 44.4 Å². The Labute approximate surface area is 211 Å². The van der Waals surface area contributed by atoms with E-state index < -0.39 is 29.1 Å². The first kappa shape index (κ1) is 25.2. The Balaban J connectivity index is 1.83. The number of carbonyl (C=O) groups is 3. The van der Waals surface area contributed by atoms with Gasteiger partial charge in [0.15, 0.2) is 11.6 Å². The molecule has 0 bridgehead atoms. The van der Waals surface area contributed by atoms with E-state index in [9.17, 15) is 14.4 Å². The number of carbonyl (C=O) groups excluding carboxylic acids is 3. The van der Waals surface area contributed by atoms with Gasteiger partial charge in [0, 0.05) is 25.3 Å². The van der Waals surface area contributed by atoms with Crippen molar-refractivity contribution in [3.8, 4) is 11.5 Å². The molecule has 3 aromatic carbocycles. The second kappa shape index (κ2) is 10.8. The van der Waals surface area contributed by atoms with Gasteiger partial charge in [-0.25, -0.2) is 0 Å². The first-order chi connectivity index (χ1) is 17.3. The highest BCUT2D eigenvalue weighted by atomic mass is 16.6. The van der Waals surface area contributed by atoms with Crippen LogP contribution in [0.3, 0.4) is 0 Å². The van der Waals surface area contributed by atoms with Crippen LogP contribution in [-0.4, -0.2) is 17.5 Å². The maximum Gasteiger partial charge on any atom is 0.304 e. The van der Waals surface area contributed by atoms with Crippen LogP contribution in [0.15, 0.2) is 72.8 Å². The third-order valence-corrected chi connectivity index (χ3v) is 6.33. The second-order valence-corrected chi connectivity index (χ2v) is 9.03. The Morgan fingerprint density at radius 2 is 1.50 bits per heavy atom. The monoisotopic (exact) mass is 486 g/mol. The van der Waals surface area contributed by atoms with Crippen LogP contribution in [0.5, 0.6) is 11.5 Å². The Kier molecular flexibility index (Phi) is 7.53. The highest BCUT2D eigenvalue weighted by molar-refractivity contribution is 6.14. The van der Waals surface area contributed by atoms with E-state index in [0.29, 0.717) is 35.7 Å². The Morgan fingerprint density at radius 1 is 0.917 bits per heavy atom. The summed E-state index contributed by atoms with van der Waals surface area (Å²) in [6, 6.07) is 22.8. The van der Waals surface area contributed by atoms with E-state index in [-0.39, 0.29) is 13.0 Å². The number of rotatable bonds is 9. The van der Waals surface area contributed by atoms with Crippen molar-refractivity contribution >= 4 is 17.5 Å². The van der Waals surface area contributed by atoms with E-state index in [1.54, 1.807) is 19.9 Å². The molecule has 36 heavy (non-hydrogen) atoms. The molecule has 0 aromatic heterocycles. The molecule has 0 amide bonds. The van der Waals surface area contributed by atoms with Gasteiger partial charge < -0.3 is 14.2 Å². The molecule has 1 aliphatic rings. The summed E-state index contributed by atoms with van der Waals surface area (Å²) < 4.78 is 18.0. The molecule has 3 aromatic rings. The molecule has 1 aliphatic carbocycles. The molecular formula is C30H30O6. The lowest BCUT2D eigenvalue weighted by molar-refractivity contribution is -0.176. The van der Waals surface area contributed by atoms with E-state index in [4.69, 9.17) is 14.2 Å². The largest absolute Gasteiger partial charge is 0.489 e. The average molecular weight is 487 g/mol. The average Bonchev–Trinajstić information content (AvgIpc) is 2.89. The predicted octanol–water partition coefficient (Wildman–Crippen LogP) is 5.34. The highest BCUT2D eigenvalue weighted by Gasteiger charge is 2.56. The summed E-state index contributed by atoms with van der Waals surface area (Å²) in [5.41, 5.74) is 0.866. The van der Waals surface area contributed by atoms with Gasteiger partial charge >= 0.3 is 5.97 Å². The number of Topliss-reactive ketones (excluding diaryl/α,β-unsaturated/α-hetero) is 2. The number of fused-ring (bicyclic) bond motifs is 1. The number of hydrogen-bond donors (Lipinski definition) is 0. The van der Waals surface area contributed by atoms with Gasteiger partial charge in [-0.05, 0) is 29.2 Å². The summed E-state index contributed by atoms with van der Waals surface area (Å²) in [6.45, 7) is 5.15. The van der Waals surface area contributed by atoms with Crippen LogP contribution in [0.4, 0.5) is 0 Å². The smallest absolute Gasteiger partial charge is 0.304 e. The molecule has 0 unspecified atom stereocenters. The van der Waals surface area contributed by atoms with Crippen molar-refractivity contribution < 1.29 is 28.6 Å². The first-order valence-electron chi connectivity index (χ1n) is 12.1. The molecule has 0 saturated carbocycles. The summed E-state index contributed by atoms with van der Waals surface area (Å²) in [7, 11) is 0. The van der Waals surface area contributed by atoms with Crippen molar-refractivity contribution in [3.05, 3.63) is 95.1 Å². The fraction of sp³-hybridized carbons (Fsp3) is 0.300. The molecule has 186 valence electrons. The van der Waals surface area contributed by atoms with Crippen LogP contribution >= 0.6 is 0 Å². The van der Waals surface area contributed by atoms with E-state index >= 15 is 0 Å². The van der Waals surface area contributed by atoms with E-state index in [2.05, 4.69) is 0 Å². The molecule has 6 heteroatoms. The molecule has 0 spiro atoms. The number of esters is 1. The molecule has 6 nitrogen and oxygen atoms in total. The molecule has 0 aliphatic heterocycles. The standard InChI is InChI=1S/C30H30O6/c1-4-27(32)30(36-21(3)31)28-24(15-20(2)29(30)33)16-25(34-18-22-11-7-5-8-12-22)17-26(28)35-19-23-13-9-6-10-14-23/h5-14,16-17,20H,4,15,18-19H2,1-3H3/t20-,30-/m0/s1. The zero-order chi connectivity index (χ0) is 25.7. The number of ketones is 2. The quantitative estimate of drug-likeness (QED) is 0.300.